The van der Waals surface area contributed by atoms with E-state index in [1.165, 1.54) is 24.3 Å². The van der Waals surface area contributed by atoms with Gasteiger partial charge in [0, 0.05) is 19.6 Å². The van der Waals surface area contributed by atoms with E-state index in [9.17, 15) is 16.7 Å². The summed E-state index contributed by atoms with van der Waals surface area (Å²) in [6.07, 6.45) is 1.49. The minimum absolute atomic E-state index is 0.141. The van der Waals surface area contributed by atoms with E-state index in [1.54, 1.807) is 6.07 Å². The summed E-state index contributed by atoms with van der Waals surface area (Å²) in [5.41, 5.74) is 5.36. The van der Waals surface area contributed by atoms with Crippen molar-refractivity contribution in [3.05, 3.63) is 41.3 Å². The third-order valence-electron chi connectivity index (χ3n) is 3.54. The molecule has 12 heteroatoms. The van der Waals surface area contributed by atoms with Crippen LogP contribution in [0.3, 0.4) is 0 Å². The number of nitrogens with one attached hydrogen (secondary N) is 3. The van der Waals surface area contributed by atoms with E-state index in [-0.39, 0.29) is 10.7 Å². The minimum atomic E-state index is -4.22. The Labute approximate surface area is 163 Å². The van der Waals surface area contributed by atoms with Gasteiger partial charge in [-0.05, 0) is 42.2 Å². The molecule has 0 fully saturated rings. The number of rotatable bonds is 10. The fraction of sp³-hybridized carbons (Fsp3) is 0.400. The highest BCUT2D eigenvalue weighted by atomic mass is 35.7. The Morgan fingerprint density at radius 3 is 2.52 bits per heavy atom. The molecule has 1 aromatic rings. The summed E-state index contributed by atoms with van der Waals surface area (Å²) in [7, 11) is -2.74. The van der Waals surface area contributed by atoms with Crippen LogP contribution < -0.4 is 21.7 Å². The predicted molar refractivity (Wildman–Crippen MR) is 106 cm³/mol. The number of nitrogens with zero attached hydrogens (tertiary/aromatic N) is 1. The number of sulfonamides is 1. The van der Waals surface area contributed by atoms with E-state index >= 15 is 0 Å². The molecule has 27 heavy (non-hydrogen) atoms. The van der Waals surface area contributed by atoms with Crippen LogP contribution >= 0.6 is 20.3 Å². The maximum atomic E-state index is 14.6. The van der Waals surface area contributed by atoms with Gasteiger partial charge in [-0.15, -0.1) is 4.40 Å². The second-order valence-electron chi connectivity index (χ2n) is 5.60. The molecule has 0 aliphatic carbocycles. The van der Waals surface area contributed by atoms with Crippen molar-refractivity contribution in [2.45, 2.75) is 17.7 Å². The Hall–Kier alpha value is -1.40. The maximum Gasteiger partial charge on any atom is 0.284 e. The van der Waals surface area contributed by atoms with Crippen LogP contribution in [0, 0.1) is 0 Å². The van der Waals surface area contributed by atoms with Gasteiger partial charge in [0.1, 0.15) is 9.63 Å². The molecule has 0 radical (unpaired) electrons. The van der Waals surface area contributed by atoms with Crippen LogP contribution in [0.15, 0.2) is 50.6 Å². The first-order valence-corrected chi connectivity index (χ1v) is 12.0. The summed E-state index contributed by atoms with van der Waals surface area (Å²) < 4.78 is 56.7. The SMILES string of the molecule is NCCNCCCCNC1=C(F)S(F)(Cl)/C(=N/S(=O)(=O)c2ccccc2)N1. The molecule has 0 saturated heterocycles. The Kier molecular flexibility index (Phi) is 7.86. The highest BCUT2D eigenvalue weighted by Gasteiger charge is 2.44. The molecule has 0 saturated carbocycles. The molecule has 7 nitrogen and oxygen atoms in total. The van der Waals surface area contributed by atoms with E-state index in [1.807, 2.05) is 0 Å². The van der Waals surface area contributed by atoms with Crippen LogP contribution in [-0.4, -0.2) is 39.8 Å². The summed E-state index contributed by atoms with van der Waals surface area (Å²) in [6.45, 7) is 2.37. The minimum Gasteiger partial charge on any atom is -0.369 e. The van der Waals surface area contributed by atoms with E-state index in [0.717, 1.165) is 13.0 Å². The molecule has 1 heterocycles. The zero-order valence-corrected chi connectivity index (χ0v) is 16.8. The topological polar surface area (TPSA) is 109 Å². The van der Waals surface area contributed by atoms with Crippen LogP contribution in [0.4, 0.5) is 8.28 Å². The predicted octanol–water partition coefficient (Wildman–Crippen LogP) is 2.19. The van der Waals surface area contributed by atoms with Crippen LogP contribution in [0.5, 0.6) is 0 Å². The van der Waals surface area contributed by atoms with Crippen molar-refractivity contribution < 1.29 is 16.7 Å². The van der Waals surface area contributed by atoms with E-state index in [2.05, 4.69) is 20.3 Å². The van der Waals surface area contributed by atoms with Crippen LogP contribution in [0.2, 0.25) is 0 Å². The first-order chi connectivity index (χ1) is 12.8. The zero-order valence-electron chi connectivity index (χ0n) is 14.4. The zero-order chi connectivity index (χ0) is 19.9. The second-order valence-corrected chi connectivity index (χ2v) is 10.2. The van der Waals surface area contributed by atoms with Gasteiger partial charge in [-0.1, -0.05) is 18.2 Å². The Bertz CT molecular complexity index is 804. The molecule has 152 valence electrons. The molecule has 0 bridgehead atoms. The van der Waals surface area contributed by atoms with E-state index in [4.69, 9.17) is 16.4 Å². The molecular formula is C15H22ClF2N5O2S2. The van der Waals surface area contributed by atoms with Gasteiger partial charge in [-0.25, -0.2) is 0 Å². The average Bonchev–Trinajstić information content (AvgIpc) is 2.85. The van der Waals surface area contributed by atoms with Crippen LogP contribution in [0.25, 0.3) is 0 Å². The smallest absolute Gasteiger partial charge is 0.284 e. The fourth-order valence-electron chi connectivity index (χ4n) is 2.19. The maximum absolute atomic E-state index is 14.6. The average molecular weight is 442 g/mol. The van der Waals surface area contributed by atoms with E-state index < -0.39 is 30.0 Å². The second kappa shape index (κ2) is 9.69. The lowest BCUT2D eigenvalue weighted by Crippen LogP contribution is -2.29. The van der Waals surface area contributed by atoms with E-state index in [0.29, 0.717) is 26.1 Å². The van der Waals surface area contributed by atoms with Crippen molar-refractivity contribution in [3.63, 3.8) is 0 Å². The summed E-state index contributed by atoms with van der Waals surface area (Å²) in [5.74, 6) is -0.292. The molecule has 0 aromatic heterocycles. The van der Waals surface area contributed by atoms with Gasteiger partial charge in [-0.2, -0.15) is 16.7 Å². The molecule has 1 aliphatic rings. The van der Waals surface area contributed by atoms with Gasteiger partial charge >= 0.3 is 0 Å². The standard InChI is InChI=1S/C15H22ClF2N5O2S2/c16-26(18)13(17)14(21-10-5-4-9-20-11-8-19)22-15(26)23-27(24,25)12-6-2-1-3-7-12/h1-3,6-7,20-21H,4-5,8-11,19H2,(H,22,23). The summed E-state index contributed by atoms with van der Waals surface area (Å²) >= 11 is 0. The first kappa shape index (κ1) is 21.9. The molecule has 1 atom stereocenters. The molecular weight excluding hydrogens is 420 g/mol. The van der Waals surface area contributed by atoms with Crippen molar-refractivity contribution in [1.82, 2.24) is 16.0 Å². The lowest BCUT2D eigenvalue weighted by Gasteiger charge is -2.14. The fourth-order valence-corrected chi connectivity index (χ4v) is 5.11. The quantitative estimate of drug-likeness (QED) is 0.414. The normalized spacial score (nSPS) is 23.9. The molecule has 2 rings (SSSR count). The number of hydrogen-bond donors (Lipinski definition) is 4. The molecule has 1 aromatic carbocycles. The molecule has 1 unspecified atom stereocenters. The first-order valence-electron chi connectivity index (χ1n) is 8.23. The monoisotopic (exact) mass is 441 g/mol. The number of hydrogen-bond acceptors (Lipinski definition) is 5. The third kappa shape index (κ3) is 5.79. The lowest BCUT2D eigenvalue weighted by molar-refractivity contribution is 0.591. The molecule has 5 N–H and O–H groups in total. The number of nitrogens with two attached hydrogens (primary N) is 1. The number of benzene rings is 1. The highest BCUT2D eigenvalue weighted by Crippen LogP contribution is 2.66. The van der Waals surface area contributed by atoms with Crippen molar-refractivity contribution in [3.8, 4) is 0 Å². The van der Waals surface area contributed by atoms with Crippen LogP contribution in [-0.2, 0) is 10.0 Å². The lowest BCUT2D eigenvalue weighted by atomic mass is 10.3. The molecule has 0 spiro atoms. The van der Waals surface area contributed by atoms with Crippen LogP contribution in [0.1, 0.15) is 12.8 Å². The highest BCUT2D eigenvalue weighted by molar-refractivity contribution is 8.60. The summed E-state index contributed by atoms with van der Waals surface area (Å²) in [6, 6.07) is 7.24. The van der Waals surface area contributed by atoms with Crippen molar-refractivity contribution in [1.29, 1.82) is 0 Å². The molecule has 1 aliphatic heterocycles. The van der Waals surface area contributed by atoms with Crippen molar-refractivity contribution in [2.24, 2.45) is 10.1 Å². The van der Waals surface area contributed by atoms with Crippen molar-refractivity contribution in [2.75, 3.05) is 26.2 Å². The van der Waals surface area contributed by atoms with Gasteiger partial charge in [0.25, 0.3) is 10.0 Å². The number of amidine groups is 1. The number of unbranched alkanes of at least 4 members (excludes halogenated alkanes) is 1. The van der Waals surface area contributed by atoms with Gasteiger partial charge in [0.05, 0.1) is 4.90 Å². The van der Waals surface area contributed by atoms with Gasteiger partial charge in [-0.3, -0.25) is 0 Å². The number of halogens is 3. The third-order valence-corrected chi connectivity index (χ3v) is 7.13. The van der Waals surface area contributed by atoms with Gasteiger partial charge in [0.2, 0.25) is 10.3 Å². The Morgan fingerprint density at radius 2 is 1.85 bits per heavy atom. The van der Waals surface area contributed by atoms with Gasteiger partial charge < -0.3 is 21.7 Å². The van der Waals surface area contributed by atoms with Gasteiger partial charge in [0.15, 0.2) is 5.82 Å². The summed E-state index contributed by atoms with van der Waals surface area (Å²) in [5, 5.41) is 6.12. The molecule has 0 amide bonds. The van der Waals surface area contributed by atoms with Crippen molar-refractivity contribution >= 4 is 35.5 Å². The Morgan fingerprint density at radius 1 is 1.19 bits per heavy atom. The Balaban J connectivity index is 2.00. The summed E-state index contributed by atoms with van der Waals surface area (Å²) in [4.78, 5) is -0.141. The largest absolute Gasteiger partial charge is 0.369 e.